The van der Waals surface area contributed by atoms with Crippen molar-refractivity contribution < 1.29 is 27.2 Å². The zero-order valence-corrected chi connectivity index (χ0v) is 17.2. The van der Waals surface area contributed by atoms with Crippen molar-refractivity contribution in [1.82, 2.24) is 14.4 Å². The molecular formula is C20H21N3O6S. The van der Waals surface area contributed by atoms with Crippen LogP contribution in [0.2, 0.25) is 0 Å². The molecule has 0 saturated carbocycles. The second-order valence-corrected chi connectivity index (χ2v) is 8.46. The van der Waals surface area contributed by atoms with Crippen molar-refractivity contribution >= 4 is 10.0 Å². The topological polar surface area (TPSA) is 104 Å². The third kappa shape index (κ3) is 4.45. The van der Waals surface area contributed by atoms with E-state index in [1.54, 1.807) is 19.2 Å². The highest BCUT2D eigenvalue weighted by Gasteiger charge is 2.26. The molecule has 0 aliphatic carbocycles. The van der Waals surface area contributed by atoms with Gasteiger partial charge in [-0.3, -0.25) is 0 Å². The number of ether oxygens (including phenoxy) is 3. The van der Waals surface area contributed by atoms with Crippen molar-refractivity contribution in [1.29, 1.82) is 0 Å². The second kappa shape index (κ2) is 8.82. The fourth-order valence-electron chi connectivity index (χ4n) is 2.96. The molecule has 0 bridgehead atoms. The minimum Gasteiger partial charge on any atom is -0.497 e. The monoisotopic (exact) mass is 431 g/mol. The molecule has 0 radical (unpaired) electrons. The van der Waals surface area contributed by atoms with Crippen molar-refractivity contribution in [3.8, 4) is 23.0 Å². The van der Waals surface area contributed by atoms with Gasteiger partial charge in [-0.15, -0.1) is 0 Å². The molecule has 158 valence electrons. The number of morpholine rings is 1. The van der Waals surface area contributed by atoms with Crippen LogP contribution in [0.4, 0.5) is 0 Å². The molecule has 1 aliphatic heterocycles. The molecule has 0 N–H and O–H groups in total. The molecule has 10 heteroatoms. The molecule has 4 rings (SSSR count). The summed E-state index contributed by atoms with van der Waals surface area (Å²) in [5.74, 6) is 2.00. The quantitative estimate of drug-likeness (QED) is 0.562. The van der Waals surface area contributed by atoms with E-state index >= 15 is 0 Å². The predicted molar refractivity (Wildman–Crippen MR) is 107 cm³/mol. The SMILES string of the molecule is COc1ccc(-c2nc(COc3ccc(S(=O)(=O)N4CCOCC4)cc3)no2)cc1. The average molecular weight is 431 g/mol. The molecule has 3 aromatic rings. The highest BCUT2D eigenvalue weighted by Crippen LogP contribution is 2.23. The summed E-state index contributed by atoms with van der Waals surface area (Å²) in [5, 5.41) is 3.91. The summed E-state index contributed by atoms with van der Waals surface area (Å²) in [4.78, 5) is 4.53. The van der Waals surface area contributed by atoms with E-state index in [1.165, 1.54) is 16.4 Å². The average Bonchev–Trinajstić information content (AvgIpc) is 3.28. The lowest BCUT2D eigenvalue weighted by Crippen LogP contribution is -2.40. The maximum absolute atomic E-state index is 12.6. The largest absolute Gasteiger partial charge is 0.497 e. The molecule has 1 saturated heterocycles. The summed E-state index contributed by atoms with van der Waals surface area (Å²) >= 11 is 0. The van der Waals surface area contributed by atoms with Gasteiger partial charge < -0.3 is 18.7 Å². The summed E-state index contributed by atoms with van der Waals surface area (Å²) in [6.45, 7) is 1.62. The first-order valence-corrected chi connectivity index (χ1v) is 10.8. The normalized spacial score (nSPS) is 15.1. The molecular weight excluding hydrogens is 410 g/mol. The Bertz CT molecular complexity index is 1070. The van der Waals surface area contributed by atoms with Crippen LogP contribution in [0.3, 0.4) is 0 Å². The first-order chi connectivity index (χ1) is 14.6. The maximum Gasteiger partial charge on any atom is 0.258 e. The standard InChI is InChI=1S/C20H21N3O6S/c1-26-16-4-2-15(3-5-16)20-21-19(22-29-20)14-28-17-6-8-18(9-7-17)30(24,25)23-10-12-27-13-11-23/h2-9H,10-14H2,1H3. The van der Waals surface area contributed by atoms with Crippen LogP contribution in [0.5, 0.6) is 11.5 Å². The van der Waals surface area contributed by atoms with Gasteiger partial charge >= 0.3 is 0 Å². The Labute approximate surface area is 174 Å². The third-order valence-corrected chi connectivity index (χ3v) is 6.52. The first-order valence-electron chi connectivity index (χ1n) is 9.34. The Kier molecular flexibility index (Phi) is 5.98. The summed E-state index contributed by atoms with van der Waals surface area (Å²) in [6, 6.07) is 13.5. The number of sulfonamides is 1. The highest BCUT2D eigenvalue weighted by molar-refractivity contribution is 7.89. The lowest BCUT2D eigenvalue weighted by atomic mass is 10.2. The van der Waals surface area contributed by atoms with Gasteiger partial charge in [-0.25, -0.2) is 8.42 Å². The number of benzene rings is 2. The molecule has 0 unspecified atom stereocenters. The van der Waals surface area contributed by atoms with Crippen LogP contribution in [0.15, 0.2) is 57.9 Å². The fraction of sp³-hybridized carbons (Fsp3) is 0.300. The number of aromatic nitrogens is 2. The molecule has 1 aliphatic rings. The van der Waals surface area contributed by atoms with Crippen LogP contribution in [0.25, 0.3) is 11.5 Å². The van der Waals surface area contributed by atoms with Crippen molar-refractivity contribution in [2.24, 2.45) is 0 Å². The number of methoxy groups -OCH3 is 1. The van der Waals surface area contributed by atoms with Gasteiger partial charge in [-0.1, -0.05) is 5.16 Å². The summed E-state index contributed by atoms with van der Waals surface area (Å²) in [6.07, 6.45) is 0. The number of rotatable bonds is 7. The van der Waals surface area contributed by atoms with E-state index in [4.69, 9.17) is 18.7 Å². The minimum atomic E-state index is -3.53. The van der Waals surface area contributed by atoms with Gasteiger partial charge in [0, 0.05) is 18.7 Å². The molecule has 0 atom stereocenters. The second-order valence-electron chi connectivity index (χ2n) is 6.52. The molecule has 2 heterocycles. The summed E-state index contributed by atoms with van der Waals surface area (Å²) < 4.78 is 48.0. The molecule has 1 aromatic heterocycles. The van der Waals surface area contributed by atoms with Crippen LogP contribution in [-0.2, 0) is 21.4 Å². The number of nitrogens with zero attached hydrogens (tertiary/aromatic N) is 3. The van der Waals surface area contributed by atoms with Crippen LogP contribution < -0.4 is 9.47 Å². The van der Waals surface area contributed by atoms with Gasteiger partial charge in [0.1, 0.15) is 11.5 Å². The lowest BCUT2D eigenvalue weighted by Gasteiger charge is -2.26. The van der Waals surface area contributed by atoms with E-state index < -0.39 is 10.0 Å². The van der Waals surface area contributed by atoms with Crippen molar-refractivity contribution in [2.75, 3.05) is 33.4 Å². The Hall–Kier alpha value is -2.95. The van der Waals surface area contributed by atoms with E-state index in [2.05, 4.69) is 10.1 Å². The number of hydrogen-bond donors (Lipinski definition) is 0. The Morgan fingerprint density at radius 3 is 2.33 bits per heavy atom. The molecule has 9 nitrogen and oxygen atoms in total. The van der Waals surface area contributed by atoms with Crippen molar-refractivity contribution in [2.45, 2.75) is 11.5 Å². The van der Waals surface area contributed by atoms with Crippen LogP contribution in [-0.4, -0.2) is 56.3 Å². The van der Waals surface area contributed by atoms with Gasteiger partial charge in [-0.2, -0.15) is 9.29 Å². The molecule has 0 amide bonds. The minimum absolute atomic E-state index is 0.0925. The Morgan fingerprint density at radius 1 is 1.00 bits per heavy atom. The van der Waals surface area contributed by atoms with Gasteiger partial charge in [-0.05, 0) is 48.5 Å². The lowest BCUT2D eigenvalue weighted by molar-refractivity contribution is 0.0730. The van der Waals surface area contributed by atoms with E-state index in [0.717, 1.165) is 11.3 Å². The van der Waals surface area contributed by atoms with E-state index in [1.807, 2.05) is 24.3 Å². The summed E-state index contributed by atoms with van der Waals surface area (Å²) in [5.41, 5.74) is 0.771. The van der Waals surface area contributed by atoms with Crippen LogP contribution in [0.1, 0.15) is 5.82 Å². The van der Waals surface area contributed by atoms with E-state index in [0.29, 0.717) is 43.8 Å². The highest BCUT2D eigenvalue weighted by atomic mass is 32.2. The van der Waals surface area contributed by atoms with Crippen molar-refractivity contribution in [3.05, 3.63) is 54.4 Å². The van der Waals surface area contributed by atoms with Gasteiger partial charge in [0.25, 0.3) is 5.89 Å². The smallest absolute Gasteiger partial charge is 0.258 e. The maximum atomic E-state index is 12.6. The summed E-state index contributed by atoms with van der Waals surface area (Å²) in [7, 11) is -1.93. The molecule has 30 heavy (non-hydrogen) atoms. The molecule has 2 aromatic carbocycles. The van der Waals surface area contributed by atoms with Crippen LogP contribution >= 0.6 is 0 Å². The fourth-order valence-corrected chi connectivity index (χ4v) is 4.36. The first kappa shape index (κ1) is 20.3. The predicted octanol–water partition coefficient (Wildman–Crippen LogP) is 2.35. The van der Waals surface area contributed by atoms with Crippen molar-refractivity contribution in [3.63, 3.8) is 0 Å². The number of hydrogen-bond acceptors (Lipinski definition) is 8. The Balaban J connectivity index is 1.38. The zero-order valence-electron chi connectivity index (χ0n) is 16.4. The third-order valence-electron chi connectivity index (χ3n) is 4.60. The molecule has 1 fully saturated rings. The van der Waals surface area contributed by atoms with E-state index in [-0.39, 0.29) is 11.5 Å². The van der Waals surface area contributed by atoms with Gasteiger partial charge in [0.05, 0.1) is 25.2 Å². The Morgan fingerprint density at radius 2 is 1.67 bits per heavy atom. The van der Waals surface area contributed by atoms with E-state index in [9.17, 15) is 8.42 Å². The van der Waals surface area contributed by atoms with Gasteiger partial charge in [0.15, 0.2) is 6.61 Å². The van der Waals surface area contributed by atoms with Crippen LogP contribution in [0, 0.1) is 0 Å². The zero-order chi connectivity index (χ0) is 21.0. The van der Waals surface area contributed by atoms with Gasteiger partial charge in [0.2, 0.25) is 15.8 Å². The molecule has 0 spiro atoms.